The number of hydrogen-bond acceptors (Lipinski definition) is 5. The van der Waals surface area contributed by atoms with Crippen LogP contribution in [0, 0.1) is 11.6 Å². The summed E-state index contributed by atoms with van der Waals surface area (Å²) >= 11 is 6.64. The highest BCUT2D eigenvalue weighted by atomic mass is 35.5. The maximum Gasteiger partial charge on any atom is 0.249 e. The molecule has 1 aliphatic carbocycles. The third-order valence-corrected chi connectivity index (χ3v) is 9.56. The van der Waals surface area contributed by atoms with Crippen molar-refractivity contribution in [3.05, 3.63) is 87.4 Å². The van der Waals surface area contributed by atoms with Gasteiger partial charge in [-0.1, -0.05) is 54.9 Å². The van der Waals surface area contributed by atoms with Gasteiger partial charge in [0.25, 0.3) is 0 Å². The van der Waals surface area contributed by atoms with E-state index in [-0.39, 0.29) is 45.5 Å². The molecule has 1 fully saturated rings. The molecule has 1 aliphatic heterocycles. The molecule has 5 N–H and O–H groups in total. The lowest BCUT2D eigenvalue weighted by Gasteiger charge is -2.38. The zero-order valence-corrected chi connectivity index (χ0v) is 25.5. The Bertz CT molecular complexity index is 1500. The number of primary amides is 1. The molecular formula is C34H39ClF2N2O4. The van der Waals surface area contributed by atoms with Crippen molar-refractivity contribution in [1.29, 1.82) is 0 Å². The monoisotopic (exact) mass is 612 g/mol. The average Bonchev–Trinajstić information content (AvgIpc) is 3.24. The fourth-order valence-electron chi connectivity index (χ4n) is 6.58. The molecular weight excluding hydrogens is 574 g/mol. The molecule has 5 rings (SSSR count). The molecule has 1 saturated carbocycles. The first-order valence-electron chi connectivity index (χ1n) is 14.9. The van der Waals surface area contributed by atoms with Gasteiger partial charge in [-0.2, -0.15) is 0 Å². The highest BCUT2D eigenvalue weighted by molar-refractivity contribution is 6.34. The molecule has 1 amide bonds. The van der Waals surface area contributed by atoms with Crippen LogP contribution in [0.4, 0.5) is 8.78 Å². The minimum absolute atomic E-state index is 0.0425. The molecule has 0 aromatic heterocycles. The smallest absolute Gasteiger partial charge is 0.249 e. The number of amides is 1. The Morgan fingerprint density at radius 3 is 2.47 bits per heavy atom. The predicted molar refractivity (Wildman–Crippen MR) is 163 cm³/mol. The molecule has 0 radical (unpaired) electrons. The number of carbonyl (C=O) groups is 1. The van der Waals surface area contributed by atoms with Gasteiger partial charge in [0.1, 0.15) is 17.4 Å². The molecule has 43 heavy (non-hydrogen) atoms. The SMILES string of the molecule is C[C@H](O)CCc1ccc(C(N)=O)c(-c2c(Cl)c(F)cc3c2[C@H](C)[C@@](CN[C@H]2CC[C@@](C)(O)CC2)(c2ccccc2)O3)c1F. The first kappa shape index (κ1) is 31.4. The van der Waals surface area contributed by atoms with Crippen LogP contribution in [-0.4, -0.2) is 40.4 Å². The first-order valence-corrected chi connectivity index (χ1v) is 15.2. The van der Waals surface area contributed by atoms with E-state index < -0.39 is 40.8 Å². The summed E-state index contributed by atoms with van der Waals surface area (Å²) in [6, 6.07) is 13.8. The Kier molecular flexibility index (Phi) is 8.87. The van der Waals surface area contributed by atoms with Crippen LogP contribution in [-0.2, 0) is 12.0 Å². The highest BCUT2D eigenvalue weighted by Gasteiger charge is 2.50. The van der Waals surface area contributed by atoms with Crippen molar-refractivity contribution in [2.45, 2.75) is 88.6 Å². The molecule has 0 spiro atoms. The van der Waals surface area contributed by atoms with Crippen LogP contribution >= 0.6 is 11.6 Å². The summed E-state index contributed by atoms with van der Waals surface area (Å²) < 4.78 is 38.6. The lowest BCUT2D eigenvalue weighted by molar-refractivity contribution is 0.00890. The number of aliphatic hydroxyl groups excluding tert-OH is 1. The van der Waals surface area contributed by atoms with Gasteiger partial charge < -0.3 is 26.0 Å². The van der Waals surface area contributed by atoms with E-state index >= 15 is 8.78 Å². The molecule has 2 aliphatic rings. The summed E-state index contributed by atoms with van der Waals surface area (Å²) in [7, 11) is 0. The predicted octanol–water partition coefficient (Wildman–Crippen LogP) is 6.37. The van der Waals surface area contributed by atoms with Gasteiger partial charge in [0.15, 0.2) is 5.60 Å². The summed E-state index contributed by atoms with van der Waals surface area (Å²) in [5, 5.41) is 23.6. The number of rotatable bonds is 9. The maximum atomic E-state index is 16.4. The van der Waals surface area contributed by atoms with E-state index in [1.807, 2.05) is 44.2 Å². The Morgan fingerprint density at radius 2 is 1.84 bits per heavy atom. The lowest BCUT2D eigenvalue weighted by atomic mass is 9.76. The van der Waals surface area contributed by atoms with Gasteiger partial charge >= 0.3 is 0 Å². The number of aryl methyl sites for hydroxylation is 1. The van der Waals surface area contributed by atoms with Crippen LogP contribution in [0.25, 0.3) is 11.1 Å². The number of nitrogens with two attached hydrogens (primary N) is 1. The van der Waals surface area contributed by atoms with E-state index in [0.29, 0.717) is 31.4 Å². The third-order valence-electron chi connectivity index (χ3n) is 9.19. The minimum atomic E-state index is -1.01. The largest absolute Gasteiger partial charge is 0.480 e. The van der Waals surface area contributed by atoms with Gasteiger partial charge in [-0.05, 0) is 69.6 Å². The number of hydrogen-bond donors (Lipinski definition) is 4. The number of halogens is 3. The van der Waals surface area contributed by atoms with Crippen LogP contribution < -0.4 is 15.8 Å². The van der Waals surface area contributed by atoms with E-state index in [0.717, 1.165) is 18.4 Å². The molecule has 1 heterocycles. The Hall–Kier alpha value is -3.04. The molecule has 3 aromatic carbocycles. The van der Waals surface area contributed by atoms with Crippen molar-refractivity contribution < 1.29 is 28.5 Å². The lowest BCUT2D eigenvalue weighted by Crippen LogP contribution is -2.49. The quantitative estimate of drug-likeness (QED) is 0.225. The van der Waals surface area contributed by atoms with Gasteiger partial charge in [0, 0.05) is 46.8 Å². The van der Waals surface area contributed by atoms with Gasteiger partial charge in [0.2, 0.25) is 5.91 Å². The van der Waals surface area contributed by atoms with E-state index in [2.05, 4.69) is 5.32 Å². The van der Waals surface area contributed by atoms with Crippen molar-refractivity contribution in [3.63, 3.8) is 0 Å². The number of ether oxygens (including phenoxy) is 1. The molecule has 0 saturated heterocycles. The van der Waals surface area contributed by atoms with Gasteiger partial charge in [-0.3, -0.25) is 4.79 Å². The molecule has 3 aromatic rings. The van der Waals surface area contributed by atoms with Crippen molar-refractivity contribution in [2.75, 3.05) is 6.54 Å². The van der Waals surface area contributed by atoms with Crippen molar-refractivity contribution in [3.8, 4) is 16.9 Å². The van der Waals surface area contributed by atoms with Gasteiger partial charge in [-0.15, -0.1) is 0 Å². The number of benzene rings is 3. The molecule has 9 heteroatoms. The number of fused-ring (bicyclic) bond motifs is 1. The van der Waals surface area contributed by atoms with Gasteiger partial charge in [-0.25, -0.2) is 8.78 Å². The standard InChI is InChI=1S/C34H39ClF2N2O4/c1-19(40)9-10-21-11-12-24(32(38)41)28(31(21)37)29-27-20(2)34(22-7-5-4-6-8-22,43-26(27)17-25(36)30(29)35)18-39-23-13-15-33(3,42)16-14-23/h4-8,11-12,17,19-20,23,39-40,42H,9-10,13-16,18H2,1-3H3,(H2,38,41)/t19-,20-,23-,33+,34-/m0/s1. The maximum absolute atomic E-state index is 16.4. The van der Waals surface area contributed by atoms with E-state index in [1.165, 1.54) is 18.2 Å². The van der Waals surface area contributed by atoms with Gasteiger partial charge in [0.05, 0.1) is 16.7 Å². The fraction of sp³-hybridized carbons (Fsp3) is 0.441. The second kappa shape index (κ2) is 12.2. The summed E-state index contributed by atoms with van der Waals surface area (Å²) in [5.74, 6) is -2.66. The average molecular weight is 613 g/mol. The Balaban J connectivity index is 1.64. The topological polar surface area (TPSA) is 105 Å². The molecule has 0 bridgehead atoms. The fourth-order valence-corrected chi connectivity index (χ4v) is 6.83. The Morgan fingerprint density at radius 1 is 1.16 bits per heavy atom. The van der Waals surface area contributed by atoms with Crippen LogP contribution in [0.1, 0.15) is 85.8 Å². The Labute approximate surface area is 256 Å². The van der Waals surface area contributed by atoms with E-state index in [9.17, 15) is 15.0 Å². The van der Waals surface area contributed by atoms with Crippen LogP contribution in [0.5, 0.6) is 5.75 Å². The summed E-state index contributed by atoms with van der Waals surface area (Å²) in [4.78, 5) is 12.6. The van der Waals surface area contributed by atoms with Crippen molar-refractivity contribution >= 4 is 17.5 Å². The summed E-state index contributed by atoms with van der Waals surface area (Å²) in [5.41, 5.74) is 5.36. The van der Waals surface area contributed by atoms with Crippen LogP contribution in [0.2, 0.25) is 5.02 Å². The molecule has 230 valence electrons. The molecule has 0 unspecified atom stereocenters. The number of aliphatic hydroxyl groups is 2. The molecule has 6 nitrogen and oxygen atoms in total. The van der Waals surface area contributed by atoms with E-state index in [4.69, 9.17) is 22.1 Å². The first-order chi connectivity index (χ1) is 20.3. The normalized spacial score (nSPS) is 25.7. The van der Waals surface area contributed by atoms with Crippen LogP contribution in [0.3, 0.4) is 0 Å². The molecule has 3 atom stereocenters. The zero-order valence-electron chi connectivity index (χ0n) is 24.7. The highest BCUT2D eigenvalue weighted by Crippen LogP contribution is 2.56. The number of nitrogens with one attached hydrogen (secondary N) is 1. The summed E-state index contributed by atoms with van der Waals surface area (Å²) in [6.45, 7) is 5.76. The second-order valence-electron chi connectivity index (χ2n) is 12.4. The van der Waals surface area contributed by atoms with E-state index in [1.54, 1.807) is 6.92 Å². The minimum Gasteiger partial charge on any atom is -0.480 e. The number of carbonyl (C=O) groups excluding carboxylic acids is 1. The second-order valence-corrected chi connectivity index (χ2v) is 12.8. The van der Waals surface area contributed by atoms with Crippen molar-refractivity contribution in [1.82, 2.24) is 5.32 Å². The third kappa shape index (κ3) is 6.03. The van der Waals surface area contributed by atoms with Crippen LogP contribution in [0.15, 0.2) is 48.5 Å². The zero-order chi connectivity index (χ0) is 31.1. The summed E-state index contributed by atoms with van der Waals surface area (Å²) in [6.07, 6.45) is 2.75. The van der Waals surface area contributed by atoms with Crippen molar-refractivity contribution in [2.24, 2.45) is 5.73 Å².